The topological polar surface area (TPSA) is 74.7 Å². The van der Waals surface area contributed by atoms with Crippen LogP contribution in [0.1, 0.15) is 4.88 Å². The van der Waals surface area contributed by atoms with Crippen molar-refractivity contribution in [3.63, 3.8) is 0 Å². The number of benzene rings is 1. The zero-order chi connectivity index (χ0) is 16.1. The number of aromatic nitrogens is 1. The first-order valence-electron chi connectivity index (χ1n) is 7.27. The third kappa shape index (κ3) is 3.95. The van der Waals surface area contributed by atoms with Crippen LogP contribution in [0.3, 0.4) is 0 Å². The van der Waals surface area contributed by atoms with Crippen LogP contribution in [0.15, 0.2) is 36.5 Å². The Balaban J connectivity index is 1.71. The molecule has 1 aliphatic heterocycles. The van der Waals surface area contributed by atoms with Crippen molar-refractivity contribution in [2.24, 2.45) is 0 Å². The molecule has 1 aliphatic rings. The Labute approximate surface area is 138 Å². The van der Waals surface area contributed by atoms with E-state index in [0.717, 1.165) is 41.8 Å². The van der Waals surface area contributed by atoms with Crippen molar-refractivity contribution in [1.82, 2.24) is 10.5 Å². The molecule has 2 aromatic rings. The molecule has 6 nitrogen and oxygen atoms in total. The number of hydrogen-bond acceptors (Lipinski definition) is 6. The zero-order valence-corrected chi connectivity index (χ0v) is 13.3. The maximum atomic E-state index is 11.0. The fourth-order valence-corrected chi connectivity index (χ4v) is 3.15. The van der Waals surface area contributed by atoms with Crippen LogP contribution in [-0.4, -0.2) is 42.4 Å². The summed E-state index contributed by atoms with van der Waals surface area (Å²) in [6.45, 7) is 3.37. The first-order chi connectivity index (χ1) is 11.3. The lowest BCUT2D eigenvalue weighted by atomic mass is 10.2. The normalized spacial score (nSPS) is 15.1. The number of ether oxygens (including phenoxy) is 1. The third-order valence-electron chi connectivity index (χ3n) is 3.52. The number of hydroxylamine groups is 1. The molecule has 0 spiro atoms. The highest BCUT2D eigenvalue weighted by molar-refractivity contribution is 7.15. The van der Waals surface area contributed by atoms with Crippen LogP contribution >= 0.6 is 11.3 Å². The molecule has 0 aliphatic carbocycles. The predicted octanol–water partition coefficient (Wildman–Crippen LogP) is 2.17. The molecule has 1 aromatic carbocycles. The van der Waals surface area contributed by atoms with Crippen LogP contribution in [0.4, 0.5) is 5.69 Å². The van der Waals surface area contributed by atoms with Gasteiger partial charge in [0.25, 0.3) is 5.91 Å². The van der Waals surface area contributed by atoms with Crippen molar-refractivity contribution < 1.29 is 14.7 Å². The highest BCUT2D eigenvalue weighted by atomic mass is 32.1. The van der Waals surface area contributed by atoms with E-state index in [1.54, 1.807) is 17.8 Å². The van der Waals surface area contributed by atoms with Gasteiger partial charge in [0.05, 0.1) is 13.2 Å². The summed E-state index contributed by atoms with van der Waals surface area (Å²) in [6.07, 6.45) is 4.59. The van der Waals surface area contributed by atoms with Gasteiger partial charge in [0.1, 0.15) is 5.01 Å². The van der Waals surface area contributed by atoms with E-state index in [9.17, 15) is 4.79 Å². The average Bonchev–Trinajstić information content (AvgIpc) is 3.09. The minimum Gasteiger partial charge on any atom is -0.378 e. The van der Waals surface area contributed by atoms with E-state index in [1.807, 2.05) is 0 Å². The van der Waals surface area contributed by atoms with Crippen molar-refractivity contribution in [3.05, 3.63) is 41.4 Å². The monoisotopic (exact) mass is 331 g/mol. The first-order valence-corrected chi connectivity index (χ1v) is 8.09. The van der Waals surface area contributed by atoms with Crippen molar-refractivity contribution >= 4 is 29.0 Å². The van der Waals surface area contributed by atoms with Gasteiger partial charge in [0.2, 0.25) is 0 Å². The predicted molar refractivity (Wildman–Crippen MR) is 89.5 cm³/mol. The summed E-state index contributed by atoms with van der Waals surface area (Å²) in [7, 11) is 0. The number of rotatable bonds is 4. The van der Waals surface area contributed by atoms with E-state index in [4.69, 9.17) is 9.94 Å². The number of carbonyl (C=O) groups is 1. The van der Waals surface area contributed by atoms with Crippen LogP contribution < -0.4 is 10.4 Å². The molecule has 0 bridgehead atoms. The molecule has 2 heterocycles. The summed E-state index contributed by atoms with van der Waals surface area (Å²) in [5.41, 5.74) is 3.78. The number of carbonyl (C=O) groups excluding carboxylic acids is 1. The average molecular weight is 331 g/mol. The van der Waals surface area contributed by atoms with Crippen LogP contribution in [0.5, 0.6) is 0 Å². The number of amides is 1. The van der Waals surface area contributed by atoms with Gasteiger partial charge in [-0.2, -0.15) is 0 Å². The second-order valence-electron chi connectivity index (χ2n) is 5.02. The number of anilines is 1. The smallest absolute Gasteiger partial charge is 0.267 e. The lowest BCUT2D eigenvalue weighted by molar-refractivity contribution is -0.124. The van der Waals surface area contributed by atoms with Crippen molar-refractivity contribution in [2.45, 2.75) is 0 Å². The Kier molecular flexibility index (Phi) is 5.02. The van der Waals surface area contributed by atoms with Crippen molar-refractivity contribution in [2.75, 3.05) is 31.2 Å². The van der Waals surface area contributed by atoms with Gasteiger partial charge < -0.3 is 9.64 Å². The fourth-order valence-electron chi connectivity index (χ4n) is 2.33. The number of nitrogens with one attached hydrogen (secondary N) is 1. The molecule has 0 unspecified atom stereocenters. The van der Waals surface area contributed by atoms with Gasteiger partial charge >= 0.3 is 0 Å². The van der Waals surface area contributed by atoms with Gasteiger partial charge in [0, 0.05) is 41.5 Å². The molecular formula is C16H17N3O3S. The maximum absolute atomic E-state index is 11.0. The first kappa shape index (κ1) is 15.7. The molecule has 7 heteroatoms. The molecule has 0 saturated carbocycles. The van der Waals surface area contributed by atoms with E-state index in [2.05, 4.69) is 34.1 Å². The van der Waals surface area contributed by atoms with E-state index < -0.39 is 5.91 Å². The molecule has 1 amide bonds. The number of thiazole rings is 1. The fraction of sp³-hybridized carbons (Fsp3) is 0.250. The van der Waals surface area contributed by atoms with Gasteiger partial charge in [0.15, 0.2) is 0 Å². The molecule has 23 heavy (non-hydrogen) atoms. The van der Waals surface area contributed by atoms with Gasteiger partial charge in [-0.3, -0.25) is 10.0 Å². The van der Waals surface area contributed by atoms with Gasteiger partial charge in [-0.15, -0.1) is 11.3 Å². The summed E-state index contributed by atoms with van der Waals surface area (Å²) in [4.78, 5) is 18.5. The molecule has 1 fully saturated rings. The van der Waals surface area contributed by atoms with Crippen LogP contribution in [0.2, 0.25) is 0 Å². The van der Waals surface area contributed by atoms with Crippen LogP contribution in [0, 0.1) is 0 Å². The van der Waals surface area contributed by atoms with E-state index in [0.29, 0.717) is 0 Å². The second kappa shape index (κ2) is 7.36. The molecule has 2 N–H and O–H groups in total. The maximum Gasteiger partial charge on any atom is 0.267 e. The number of hydrogen-bond donors (Lipinski definition) is 2. The summed E-state index contributed by atoms with van der Waals surface area (Å²) < 4.78 is 5.36. The third-order valence-corrected chi connectivity index (χ3v) is 4.53. The Morgan fingerprint density at radius 2 is 2.04 bits per heavy atom. The van der Waals surface area contributed by atoms with Gasteiger partial charge in [-0.1, -0.05) is 0 Å². The Bertz CT molecular complexity index is 691. The molecule has 0 radical (unpaired) electrons. The molecule has 120 valence electrons. The molecule has 1 aromatic heterocycles. The van der Waals surface area contributed by atoms with Crippen molar-refractivity contribution in [3.8, 4) is 10.6 Å². The van der Waals surface area contributed by atoms with E-state index in [-0.39, 0.29) is 0 Å². The highest BCUT2D eigenvalue weighted by Crippen LogP contribution is 2.28. The van der Waals surface area contributed by atoms with Crippen LogP contribution in [0.25, 0.3) is 16.6 Å². The highest BCUT2D eigenvalue weighted by Gasteiger charge is 2.11. The largest absolute Gasteiger partial charge is 0.378 e. The second-order valence-corrected chi connectivity index (χ2v) is 6.09. The SMILES string of the molecule is O=C(/C=C/c1cnc(-c2ccc(N3CCOCC3)cc2)s1)NO. The van der Waals surface area contributed by atoms with E-state index in [1.165, 1.54) is 23.1 Å². The molecule has 3 rings (SSSR count). The number of nitrogens with zero attached hydrogens (tertiary/aromatic N) is 2. The number of morpholine rings is 1. The Morgan fingerprint density at radius 1 is 1.30 bits per heavy atom. The Morgan fingerprint density at radius 3 is 2.74 bits per heavy atom. The summed E-state index contributed by atoms with van der Waals surface area (Å²) in [5, 5.41) is 9.35. The molecular weight excluding hydrogens is 314 g/mol. The standard InChI is InChI=1S/C16H17N3O3S/c20-15(18-21)6-5-14-11-17-16(23-14)12-1-3-13(4-2-12)19-7-9-22-10-8-19/h1-6,11,21H,7-10H2,(H,18,20)/b6-5+. The van der Waals surface area contributed by atoms with Crippen molar-refractivity contribution in [1.29, 1.82) is 0 Å². The van der Waals surface area contributed by atoms with E-state index >= 15 is 0 Å². The summed E-state index contributed by atoms with van der Waals surface area (Å²) in [6, 6.07) is 8.29. The minimum absolute atomic E-state index is 0.560. The molecule has 1 saturated heterocycles. The summed E-state index contributed by atoms with van der Waals surface area (Å²) >= 11 is 1.49. The molecule has 0 atom stereocenters. The lowest BCUT2D eigenvalue weighted by Gasteiger charge is -2.28. The minimum atomic E-state index is -0.560. The Hall–Kier alpha value is -2.22. The summed E-state index contributed by atoms with van der Waals surface area (Å²) in [5.74, 6) is -0.560. The van der Waals surface area contributed by atoms with Gasteiger partial charge in [-0.05, 0) is 30.3 Å². The zero-order valence-electron chi connectivity index (χ0n) is 12.4. The van der Waals surface area contributed by atoms with Crippen LogP contribution in [-0.2, 0) is 9.53 Å². The van der Waals surface area contributed by atoms with Gasteiger partial charge in [-0.25, -0.2) is 10.5 Å². The quantitative estimate of drug-likeness (QED) is 0.510. The lowest BCUT2D eigenvalue weighted by Crippen LogP contribution is -2.36.